The minimum absolute atomic E-state index is 0.149. The summed E-state index contributed by atoms with van der Waals surface area (Å²) in [5.41, 5.74) is 5.04. The average molecular weight is 198 g/mol. The molecule has 1 rings (SSSR count). The van der Waals surface area contributed by atoms with Crippen LogP contribution < -0.4 is 11.4 Å². The molecule has 0 atom stereocenters. The molecular weight excluding hydrogens is 180 g/mol. The lowest BCUT2D eigenvalue weighted by Gasteiger charge is -2.21. The molecule has 14 heavy (non-hydrogen) atoms. The van der Waals surface area contributed by atoms with Crippen LogP contribution in [0.4, 0.5) is 0 Å². The second-order valence-corrected chi connectivity index (χ2v) is 4.34. The topological polar surface area (TPSA) is 76.7 Å². The monoisotopic (exact) mass is 198 g/mol. The molecule has 0 radical (unpaired) electrons. The van der Waals surface area contributed by atoms with Gasteiger partial charge in [0.05, 0.1) is 0 Å². The summed E-state index contributed by atoms with van der Waals surface area (Å²) < 4.78 is 1.68. The summed E-state index contributed by atoms with van der Waals surface area (Å²) in [5.74, 6) is 0.785. The highest BCUT2D eigenvalue weighted by Gasteiger charge is 2.20. The molecule has 0 saturated carbocycles. The largest absolute Gasteiger partial charge is 0.343 e. The van der Waals surface area contributed by atoms with Crippen LogP contribution in [0.25, 0.3) is 0 Å². The second kappa shape index (κ2) is 3.96. The third-order valence-corrected chi connectivity index (χ3v) is 2.02. The second-order valence-electron chi connectivity index (χ2n) is 4.34. The number of nitrogens with one attached hydrogen (secondary N) is 1. The van der Waals surface area contributed by atoms with Gasteiger partial charge in [0.2, 0.25) is 0 Å². The molecule has 1 heterocycles. The first kappa shape index (κ1) is 11.0. The van der Waals surface area contributed by atoms with Gasteiger partial charge in [-0.05, 0) is 33.7 Å². The fourth-order valence-corrected chi connectivity index (χ4v) is 1.45. The number of nitrogens with two attached hydrogens (primary N) is 1. The third-order valence-electron chi connectivity index (χ3n) is 2.02. The van der Waals surface area contributed by atoms with Crippen molar-refractivity contribution in [3.63, 3.8) is 0 Å². The van der Waals surface area contributed by atoms with E-state index in [1.165, 1.54) is 0 Å². The molecule has 0 aromatic carbocycles. The van der Waals surface area contributed by atoms with Crippen molar-refractivity contribution in [3.05, 3.63) is 16.3 Å². The van der Waals surface area contributed by atoms with E-state index in [2.05, 4.69) is 10.2 Å². The quantitative estimate of drug-likeness (QED) is 0.729. The van der Waals surface area contributed by atoms with Crippen molar-refractivity contribution in [2.24, 2.45) is 5.73 Å². The SMILES string of the molecule is CC(C)(C)n1c(CCCN)n[nH]c1=O. The number of hydrogen-bond donors (Lipinski definition) is 2. The Kier molecular flexibility index (Phi) is 3.10. The number of H-pyrrole nitrogens is 1. The molecule has 0 fully saturated rings. The summed E-state index contributed by atoms with van der Waals surface area (Å²) in [4.78, 5) is 11.5. The average Bonchev–Trinajstić information content (AvgIpc) is 2.42. The Labute approximate surface area is 83.3 Å². The van der Waals surface area contributed by atoms with E-state index in [4.69, 9.17) is 5.73 Å². The van der Waals surface area contributed by atoms with Crippen LogP contribution in [0.5, 0.6) is 0 Å². The molecule has 0 saturated heterocycles. The summed E-state index contributed by atoms with van der Waals surface area (Å²) in [6, 6.07) is 0. The zero-order valence-corrected chi connectivity index (χ0v) is 9.00. The lowest BCUT2D eigenvalue weighted by molar-refractivity contribution is 0.370. The van der Waals surface area contributed by atoms with Crippen LogP contribution in [0, 0.1) is 0 Å². The maximum absolute atomic E-state index is 11.5. The number of aromatic nitrogens is 3. The standard InChI is InChI=1S/C9H18N4O/c1-9(2,3)13-7(5-4-6-10)11-12-8(13)14/h4-6,10H2,1-3H3,(H,12,14). The van der Waals surface area contributed by atoms with E-state index in [1.807, 2.05) is 20.8 Å². The van der Waals surface area contributed by atoms with Gasteiger partial charge in [-0.2, -0.15) is 5.10 Å². The van der Waals surface area contributed by atoms with E-state index in [0.29, 0.717) is 6.54 Å². The predicted molar refractivity (Wildman–Crippen MR) is 55.2 cm³/mol. The van der Waals surface area contributed by atoms with Crippen molar-refractivity contribution in [1.29, 1.82) is 0 Å². The van der Waals surface area contributed by atoms with Crippen molar-refractivity contribution in [1.82, 2.24) is 14.8 Å². The molecule has 0 aliphatic heterocycles. The highest BCUT2D eigenvalue weighted by atomic mass is 16.1. The van der Waals surface area contributed by atoms with Crippen LogP contribution in [0.2, 0.25) is 0 Å². The summed E-state index contributed by atoms with van der Waals surface area (Å²) in [5, 5.41) is 6.46. The fraction of sp³-hybridized carbons (Fsp3) is 0.778. The first-order chi connectivity index (χ1) is 6.46. The Balaban J connectivity index is 3.01. The lowest BCUT2D eigenvalue weighted by Crippen LogP contribution is -2.33. The number of aromatic amines is 1. The number of aryl methyl sites for hydroxylation is 1. The Morgan fingerprint density at radius 3 is 2.64 bits per heavy atom. The maximum Gasteiger partial charge on any atom is 0.343 e. The van der Waals surface area contributed by atoms with Crippen molar-refractivity contribution < 1.29 is 0 Å². The molecule has 5 heteroatoms. The molecule has 80 valence electrons. The Morgan fingerprint density at radius 1 is 1.50 bits per heavy atom. The highest BCUT2D eigenvalue weighted by Crippen LogP contribution is 2.13. The van der Waals surface area contributed by atoms with Crippen LogP contribution in [-0.2, 0) is 12.0 Å². The predicted octanol–water partition coefficient (Wildman–Crippen LogP) is 0.218. The minimum Gasteiger partial charge on any atom is -0.330 e. The Morgan fingerprint density at radius 2 is 2.14 bits per heavy atom. The molecule has 1 aromatic rings. The summed E-state index contributed by atoms with van der Waals surface area (Å²) in [6.45, 7) is 6.56. The first-order valence-electron chi connectivity index (χ1n) is 4.83. The van der Waals surface area contributed by atoms with Gasteiger partial charge in [-0.25, -0.2) is 9.89 Å². The molecule has 5 nitrogen and oxygen atoms in total. The summed E-state index contributed by atoms with van der Waals surface area (Å²) >= 11 is 0. The highest BCUT2D eigenvalue weighted by molar-refractivity contribution is 4.92. The minimum atomic E-state index is -0.228. The summed E-state index contributed by atoms with van der Waals surface area (Å²) in [6.07, 6.45) is 1.59. The van der Waals surface area contributed by atoms with Gasteiger partial charge < -0.3 is 5.73 Å². The molecule has 1 aromatic heterocycles. The van der Waals surface area contributed by atoms with Gasteiger partial charge in [0.15, 0.2) is 0 Å². The van der Waals surface area contributed by atoms with Crippen LogP contribution in [0.15, 0.2) is 4.79 Å². The van der Waals surface area contributed by atoms with E-state index in [1.54, 1.807) is 4.57 Å². The number of rotatable bonds is 3. The lowest BCUT2D eigenvalue weighted by atomic mass is 10.1. The van der Waals surface area contributed by atoms with E-state index in [0.717, 1.165) is 18.7 Å². The fourth-order valence-electron chi connectivity index (χ4n) is 1.45. The van der Waals surface area contributed by atoms with Gasteiger partial charge in [-0.1, -0.05) is 0 Å². The third kappa shape index (κ3) is 2.23. The Bertz CT molecular complexity index is 344. The smallest absolute Gasteiger partial charge is 0.330 e. The van der Waals surface area contributed by atoms with E-state index < -0.39 is 0 Å². The van der Waals surface area contributed by atoms with Crippen LogP contribution in [-0.4, -0.2) is 21.3 Å². The molecule has 0 aliphatic carbocycles. The molecule has 3 N–H and O–H groups in total. The van der Waals surface area contributed by atoms with E-state index in [9.17, 15) is 4.79 Å². The zero-order chi connectivity index (χ0) is 10.8. The number of hydrogen-bond acceptors (Lipinski definition) is 3. The molecule has 0 amide bonds. The van der Waals surface area contributed by atoms with Gasteiger partial charge in [-0.15, -0.1) is 0 Å². The van der Waals surface area contributed by atoms with Crippen LogP contribution in [0.3, 0.4) is 0 Å². The van der Waals surface area contributed by atoms with Gasteiger partial charge in [0.25, 0.3) is 0 Å². The van der Waals surface area contributed by atoms with Crippen molar-refractivity contribution in [3.8, 4) is 0 Å². The normalized spacial score (nSPS) is 12.0. The van der Waals surface area contributed by atoms with Crippen molar-refractivity contribution in [2.45, 2.75) is 39.2 Å². The zero-order valence-electron chi connectivity index (χ0n) is 9.00. The molecular formula is C9H18N4O. The number of nitrogens with zero attached hydrogens (tertiary/aromatic N) is 2. The van der Waals surface area contributed by atoms with Gasteiger partial charge >= 0.3 is 5.69 Å². The van der Waals surface area contributed by atoms with Gasteiger partial charge in [-0.3, -0.25) is 4.57 Å². The first-order valence-corrected chi connectivity index (χ1v) is 4.83. The van der Waals surface area contributed by atoms with Gasteiger partial charge in [0.1, 0.15) is 5.82 Å². The molecule has 0 unspecified atom stereocenters. The maximum atomic E-state index is 11.5. The van der Waals surface area contributed by atoms with Crippen molar-refractivity contribution >= 4 is 0 Å². The van der Waals surface area contributed by atoms with E-state index >= 15 is 0 Å². The molecule has 0 aliphatic rings. The van der Waals surface area contributed by atoms with E-state index in [-0.39, 0.29) is 11.2 Å². The van der Waals surface area contributed by atoms with Gasteiger partial charge in [0, 0.05) is 12.0 Å². The van der Waals surface area contributed by atoms with Crippen LogP contribution >= 0.6 is 0 Å². The van der Waals surface area contributed by atoms with Crippen molar-refractivity contribution in [2.75, 3.05) is 6.54 Å². The molecule has 0 spiro atoms. The molecule has 0 bridgehead atoms. The Hall–Kier alpha value is -1.10. The summed E-state index contributed by atoms with van der Waals surface area (Å²) in [7, 11) is 0. The van der Waals surface area contributed by atoms with Crippen LogP contribution in [0.1, 0.15) is 33.0 Å².